The van der Waals surface area contributed by atoms with Crippen LogP contribution in [-0.2, 0) is 9.53 Å². The highest BCUT2D eigenvalue weighted by Crippen LogP contribution is 2.30. The van der Waals surface area contributed by atoms with E-state index >= 15 is 0 Å². The van der Waals surface area contributed by atoms with Gasteiger partial charge < -0.3 is 14.2 Å². The molecule has 1 saturated heterocycles. The molecule has 112 valence electrons. The van der Waals surface area contributed by atoms with Gasteiger partial charge in [0.1, 0.15) is 12.4 Å². The van der Waals surface area contributed by atoms with Gasteiger partial charge >= 0.3 is 0 Å². The number of ether oxygens (including phenoxy) is 1. The quantitative estimate of drug-likeness (QED) is 0.866. The van der Waals surface area contributed by atoms with Gasteiger partial charge in [0.05, 0.1) is 17.1 Å². The van der Waals surface area contributed by atoms with Gasteiger partial charge in [0.15, 0.2) is 0 Å². The van der Waals surface area contributed by atoms with Gasteiger partial charge in [0.25, 0.3) is 0 Å². The molecule has 5 nitrogen and oxygen atoms in total. The number of aromatic nitrogens is 2. The lowest BCUT2D eigenvalue weighted by Gasteiger charge is -2.41. The molecule has 1 aromatic carbocycles. The van der Waals surface area contributed by atoms with Crippen LogP contribution in [0.5, 0.6) is 0 Å². The molecule has 0 spiro atoms. The fraction of sp³-hybridized carbons (Fsp3) is 0.500. The van der Waals surface area contributed by atoms with Crippen LogP contribution in [0.25, 0.3) is 11.0 Å². The van der Waals surface area contributed by atoms with E-state index in [0.717, 1.165) is 29.9 Å². The minimum absolute atomic E-state index is 0.0595. The third-order valence-electron chi connectivity index (χ3n) is 3.99. The van der Waals surface area contributed by atoms with Crippen molar-refractivity contribution in [2.24, 2.45) is 0 Å². The maximum Gasteiger partial charge on any atom is 0.248 e. The first-order chi connectivity index (χ1) is 10.1. The summed E-state index contributed by atoms with van der Waals surface area (Å²) in [7, 11) is 1.55. The molecule has 0 saturated carbocycles. The van der Waals surface area contributed by atoms with Crippen molar-refractivity contribution in [2.45, 2.75) is 25.8 Å². The molecule has 3 rings (SSSR count). The Labute approximate surface area is 124 Å². The van der Waals surface area contributed by atoms with Crippen LogP contribution < -0.4 is 0 Å². The average molecular weight is 287 g/mol. The molecule has 1 aromatic heterocycles. The second-order valence-corrected chi connectivity index (χ2v) is 5.87. The summed E-state index contributed by atoms with van der Waals surface area (Å²) < 4.78 is 7.21. The molecule has 0 aliphatic carbocycles. The van der Waals surface area contributed by atoms with Crippen molar-refractivity contribution in [2.75, 3.05) is 26.8 Å². The third-order valence-corrected chi connectivity index (χ3v) is 3.99. The van der Waals surface area contributed by atoms with Gasteiger partial charge in [0.2, 0.25) is 5.91 Å². The predicted molar refractivity (Wildman–Crippen MR) is 81.3 cm³/mol. The molecule has 2 heterocycles. The van der Waals surface area contributed by atoms with Gasteiger partial charge in [-0.15, -0.1) is 0 Å². The first-order valence-electron chi connectivity index (χ1n) is 7.35. The summed E-state index contributed by atoms with van der Waals surface area (Å²) in [6.07, 6.45) is 0. The molecule has 1 aliphatic rings. The van der Waals surface area contributed by atoms with E-state index in [-0.39, 0.29) is 12.5 Å². The summed E-state index contributed by atoms with van der Waals surface area (Å²) in [5.41, 5.74) is 2.19. The molecule has 0 bridgehead atoms. The smallest absolute Gasteiger partial charge is 0.248 e. The van der Waals surface area contributed by atoms with Gasteiger partial charge in [-0.25, -0.2) is 4.98 Å². The Bertz CT molecular complexity index is 657. The highest BCUT2D eigenvalue weighted by atomic mass is 16.5. The fourth-order valence-corrected chi connectivity index (χ4v) is 2.89. The molecule has 1 fully saturated rings. The normalized spacial score (nSPS) is 15.7. The summed E-state index contributed by atoms with van der Waals surface area (Å²) >= 11 is 0. The van der Waals surface area contributed by atoms with E-state index < -0.39 is 0 Å². The molecule has 1 amide bonds. The average Bonchev–Trinajstić information content (AvgIpc) is 2.77. The lowest BCUT2D eigenvalue weighted by Crippen LogP contribution is -2.52. The van der Waals surface area contributed by atoms with E-state index in [9.17, 15) is 4.79 Å². The lowest BCUT2D eigenvalue weighted by atomic mass is 10.1. The standard InChI is InChI=1S/C16H21N3O2/c1-11(2)16-17-13-6-4-5-7-14(13)19(16)12-8-18(9-12)15(20)10-21-3/h4-7,11-12H,8-10H2,1-3H3. The Morgan fingerprint density at radius 3 is 2.76 bits per heavy atom. The van der Waals surface area contributed by atoms with Crippen molar-refractivity contribution in [1.29, 1.82) is 0 Å². The van der Waals surface area contributed by atoms with Crippen molar-refractivity contribution in [3.05, 3.63) is 30.1 Å². The molecule has 0 unspecified atom stereocenters. The highest BCUT2D eigenvalue weighted by Gasteiger charge is 2.34. The Kier molecular flexibility index (Phi) is 3.68. The molecule has 0 N–H and O–H groups in total. The van der Waals surface area contributed by atoms with E-state index in [4.69, 9.17) is 9.72 Å². The number of likely N-dealkylation sites (tertiary alicyclic amines) is 1. The molecule has 21 heavy (non-hydrogen) atoms. The molecule has 0 atom stereocenters. The predicted octanol–water partition coefficient (Wildman–Crippen LogP) is 2.19. The van der Waals surface area contributed by atoms with Crippen LogP contribution >= 0.6 is 0 Å². The van der Waals surface area contributed by atoms with Crippen LogP contribution in [0.15, 0.2) is 24.3 Å². The van der Waals surface area contributed by atoms with Crippen LogP contribution in [0.3, 0.4) is 0 Å². The number of para-hydroxylation sites is 2. The Morgan fingerprint density at radius 2 is 2.10 bits per heavy atom. The number of nitrogens with zero attached hydrogens (tertiary/aromatic N) is 3. The topological polar surface area (TPSA) is 47.4 Å². The zero-order chi connectivity index (χ0) is 15.0. The summed E-state index contributed by atoms with van der Waals surface area (Å²) in [6.45, 7) is 5.95. The second-order valence-electron chi connectivity index (χ2n) is 5.87. The number of methoxy groups -OCH3 is 1. The van der Waals surface area contributed by atoms with Gasteiger partial charge in [0, 0.05) is 26.1 Å². The number of fused-ring (bicyclic) bond motifs is 1. The van der Waals surface area contributed by atoms with Crippen LogP contribution in [0.4, 0.5) is 0 Å². The van der Waals surface area contributed by atoms with Gasteiger partial charge in [-0.2, -0.15) is 0 Å². The maximum absolute atomic E-state index is 11.8. The summed E-state index contributed by atoms with van der Waals surface area (Å²) in [5, 5.41) is 0. The van der Waals surface area contributed by atoms with Crippen molar-refractivity contribution in [1.82, 2.24) is 14.5 Å². The summed E-state index contributed by atoms with van der Waals surface area (Å²) in [6, 6.07) is 8.52. The maximum atomic E-state index is 11.8. The second kappa shape index (κ2) is 5.48. The van der Waals surface area contributed by atoms with Crippen LogP contribution in [-0.4, -0.2) is 47.2 Å². The number of carbonyl (C=O) groups excluding carboxylic acids is 1. The highest BCUT2D eigenvalue weighted by molar-refractivity contribution is 5.79. The van der Waals surface area contributed by atoms with Gasteiger partial charge in [-0.1, -0.05) is 26.0 Å². The van der Waals surface area contributed by atoms with E-state index in [0.29, 0.717) is 12.0 Å². The number of hydrogen-bond donors (Lipinski definition) is 0. The largest absolute Gasteiger partial charge is 0.375 e. The van der Waals surface area contributed by atoms with Gasteiger partial charge in [-0.05, 0) is 12.1 Å². The van der Waals surface area contributed by atoms with Crippen molar-refractivity contribution in [3.63, 3.8) is 0 Å². The molecule has 0 radical (unpaired) electrons. The minimum Gasteiger partial charge on any atom is -0.375 e. The van der Waals surface area contributed by atoms with Crippen LogP contribution in [0.2, 0.25) is 0 Å². The molecular weight excluding hydrogens is 266 g/mol. The molecule has 5 heteroatoms. The van der Waals surface area contributed by atoms with E-state index in [2.05, 4.69) is 24.5 Å². The van der Waals surface area contributed by atoms with E-state index in [1.165, 1.54) is 0 Å². The Morgan fingerprint density at radius 1 is 1.38 bits per heavy atom. The number of carbonyl (C=O) groups is 1. The SMILES string of the molecule is COCC(=O)N1CC(n2c(C(C)C)nc3ccccc32)C1. The van der Waals surface area contributed by atoms with Gasteiger partial charge in [-0.3, -0.25) is 4.79 Å². The first-order valence-corrected chi connectivity index (χ1v) is 7.35. The first kappa shape index (κ1) is 14.1. The molecular formula is C16H21N3O2. The monoisotopic (exact) mass is 287 g/mol. The Hall–Kier alpha value is -1.88. The van der Waals surface area contributed by atoms with E-state index in [1.54, 1.807) is 7.11 Å². The number of amides is 1. The van der Waals surface area contributed by atoms with Crippen molar-refractivity contribution < 1.29 is 9.53 Å². The number of imidazole rings is 1. The van der Waals surface area contributed by atoms with Crippen LogP contribution in [0, 0.1) is 0 Å². The fourth-order valence-electron chi connectivity index (χ4n) is 2.89. The number of benzene rings is 1. The number of hydrogen-bond acceptors (Lipinski definition) is 3. The summed E-state index contributed by atoms with van der Waals surface area (Å²) in [5.74, 6) is 1.52. The van der Waals surface area contributed by atoms with Crippen molar-refractivity contribution in [3.8, 4) is 0 Å². The van der Waals surface area contributed by atoms with E-state index in [1.807, 2.05) is 23.1 Å². The van der Waals surface area contributed by atoms with Crippen LogP contribution in [0.1, 0.15) is 31.6 Å². The molecule has 2 aromatic rings. The minimum atomic E-state index is 0.0595. The number of rotatable bonds is 4. The zero-order valence-electron chi connectivity index (χ0n) is 12.7. The molecule has 1 aliphatic heterocycles. The third kappa shape index (κ3) is 2.42. The zero-order valence-corrected chi connectivity index (χ0v) is 12.7. The summed E-state index contributed by atoms with van der Waals surface area (Å²) in [4.78, 5) is 18.4. The lowest BCUT2D eigenvalue weighted by molar-refractivity contribution is -0.140. The van der Waals surface area contributed by atoms with Crippen molar-refractivity contribution >= 4 is 16.9 Å². The Balaban J connectivity index is 1.88.